The molecule has 2 aromatic rings. The second-order valence-corrected chi connectivity index (χ2v) is 5.30. The largest absolute Gasteiger partial charge is 0.382 e. The number of nitrogens with zero attached hydrogens (tertiary/aromatic N) is 1. The van der Waals surface area contributed by atoms with Gasteiger partial charge < -0.3 is 5.73 Å². The number of benzene rings is 1. The molecule has 0 spiro atoms. The van der Waals surface area contributed by atoms with Crippen molar-refractivity contribution in [3.05, 3.63) is 35.8 Å². The van der Waals surface area contributed by atoms with Crippen LogP contribution in [0, 0.1) is 11.7 Å². The summed E-state index contributed by atoms with van der Waals surface area (Å²) in [6.45, 7) is 0. The second kappa shape index (κ2) is 5.03. The third kappa shape index (κ3) is 2.35. The molecule has 0 radical (unpaired) electrons. The maximum atomic E-state index is 13.9. The molecule has 1 saturated carbocycles. The zero-order valence-corrected chi connectivity index (χ0v) is 10.8. The van der Waals surface area contributed by atoms with Crippen molar-refractivity contribution in [2.75, 3.05) is 5.73 Å². The molecule has 1 aliphatic rings. The van der Waals surface area contributed by atoms with E-state index in [0.29, 0.717) is 17.3 Å². The van der Waals surface area contributed by atoms with Gasteiger partial charge in [-0.2, -0.15) is 5.10 Å². The van der Waals surface area contributed by atoms with E-state index in [1.165, 1.54) is 31.7 Å². The molecule has 4 heteroatoms. The van der Waals surface area contributed by atoms with Crippen molar-refractivity contribution in [2.45, 2.75) is 32.1 Å². The third-order valence-corrected chi connectivity index (χ3v) is 3.98. The van der Waals surface area contributed by atoms with Gasteiger partial charge in [0.25, 0.3) is 0 Å². The Labute approximate surface area is 112 Å². The minimum Gasteiger partial charge on any atom is -0.382 e. The van der Waals surface area contributed by atoms with Crippen LogP contribution < -0.4 is 5.73 Å². The Balaban J connectivity index is 1.96. The number of nitrogens with two attached hydrogens (primary N) is 1. The number of H-pyrrole nitrogens is 1. The summed E-state index contributed by atoms with van der Waals surface area (Å²) in [5, 5.41) is 7.05. The monoisotopic (exact) mass is 259 g/mol. The first kappa shape index (κ1) is 12.2. The highest BCUT2D eigenvalue weighted by molar-refractivity contribution is 5.76. The van der Waals surface area contributed by atoms with Crippen LogP contribution in [0.4, 0.5) is 10.2 Å². The van der Waals surface area contributed by atoms with Gasteiger partial charge >= 0.3 is 0 Å². The first-order valence-electron chi connectivity index (χ1n) is 6.83. The molecular weight excluding hydrogens is 241 g/mol. The summed E-state index contributed by atoms with van der Waals surface area (Å²) in [4.78, 5) is 0. The quantitative estimate of drug-likeness (QED) is 0.886. The van der Waals surface area contributed by atoms with E-state index in [1.807, 2.05) is 6.07 Å². The smallest absolute Gasteiger partial charge is 0.153 e. The molecule has 1 fully saturated rings. The molecule has 3 N–H and O–H groups in total. The van der Waals surface area contributed by atoms with Gasteiger partial charge in [-0.25, -0.2) is 4.39 Å². The second-order valence-electron chi connectivity index (χ2n) is 5.30. The van der Waals surface area contributed by atoms with E-state index >= 15 is 0 Å². The Kier molecular flexibility index (Phi) is 3.23. The van der Waals surface area contributed by atoms with E-state index in [2.05, 4.69) is 10.2 Å². The molecule has 3 nitrogen and oxygen atoms in total. The van der Waals surface area contributed by atoms with Crippen LogP contribution in [0.15, 0.2) is 24.3 Å². The first-order chi connectivity index (χ1) is 9.25. The van der Waals surface area contributed by atoms with Gasteiger partial charge in [-0.05, 0) is 18.4 Å². The van der Waals surface area contributed by atoms with Crippen LogP contribution in [0.1, 0.15) is 31.4 Å². The lowest BCUT2D eigenvalue weighted by atomic mass is 9.96. The van der Waals surface area contributed by atoms with Crippen molar-refractivity contribution < 1.29 is 4.39 Å². The molecule has 1 aromatic carbocycles. The number of hydrogen-bond donors (Lipinski definition) is 2. The van der Waals surface area contributed by atoms with E-state index in [1.54, 1.807) is 12.1 Å². The van der Waals surface area contributed by atoms with E-state index in [4.69, 9.17) is 5.73 Å². The summed E-state index contributed by atoms with van der Waals surface area (Å²) in [6.07, 6.45) is 5.99. The van der Waals surface area contributed by atoms with Crippen LogP contribution in [0.3, 0.4) is 0 Å². The van der Waals surface area contributed by atoms with Gasteiger partial charge in [-0.15, -0.1) is 0 Å². The number of nitrogen functional groups attached to an aromatic ring is 1. The Morgan fingerprint density at radius 2 is 2.00 bits per heavy atom. The zero-order valence-electron chi connectivity index (χ0n) is 10.8. The van der Waals surface area contributed by atoms with E-state index < -0.39 is 0 Å². The lowest BCUT2D eigenvalue weighted by molar-refractivity contribution is 0.539. The predicted octanol–water partition coefficient (Wildman–Crippen LogP) is 3.53. The third-order valence-electron chi connectivity index (χ3n) is 3.98. The molecule has 0 atom stereocenters. The highest BCUT2D eigenvalue weighted by Gasteiger charge is 2.21. The van der Waals surface area contributed by atoms with Gasteiger partial charge in [-0.1, -0.05) is 43.9 Å². The van der Waals surface area contributed by atoms with Crippen molar-refractivity contribution in [1.82, 2.24) is 10.2 Å². The summed E-state index contributed by atoms with van der Waals surface area (Å²) in [6, 6.07) is 6.73. The summed E-state index contributed by atoms with van der Waals surface area (Å²) in [7, 11) is 0. The molecule has 3 rings (SSSR count). The fourth-order valence-corrected chi connectivity index (χ4v) is 3.01. The van der Waals surface area contributed by atoms with Crippen molar-refractivity contribution in [3.63, 3.8) is 0 Å². The molecule has 1 aliphatic carbocycles. The summed E-state index contributed by atoms with van der Waals surface area (Å²) < 4.78 is 13.9. The predicted molar refractivity (Wildman–Crippen MR) is 74.1 cm³/mol. The summed E-state index contributed by atoms with van der Waals surface area (Å²) >= 11 is 0. The van der Waals surface area contributed by atoms with Crippen LogP contribution in [-0.4, -0.2) is 10.2 Å². The van der Waals surface area contributed by atoms with Crippen molar-refractivity contribution >= 4 is 5.82 Å². The van der Waals surface area contributed by atoms with E-state index in [9.17, 15) is 4.39 Å². The Morgan fingerprint density at radius 1 is 1.26 bits per heavy atom. The van der Waals surface area contributed by atoms with Gasteiger partial charge in [0.2, 0.25) is 0 Å². The lowest BCUT2D eigenvalue weighted by Gasteiger charge is -2.10. The van der Waals surface area contributed by atoms with Crippen molar-refractivity contribution in [3.8, 4) is 11.1 Å². The lowest BCUT2D eigenvalue weighted by Crippen LogP contribution is -2.01. The fourth-order valence-electron chi connectivity index (χ4n) is 3.01. The van der Waals surface area contributed by atoms with Crippen LogP contribution in [-0.2, 0) is 6.42 Å². The molecular formula is C15H18FN3. The molecule has 0 aliphatic heterocycles. The number of aromatic nitrogens is 2. The Morgan fingerprint density at radius 3 is 2.74 bits per heavy atom. The van der Waals surface area contributed by atoms with Gasteiger partial charge in [0.05, 0.1) is 0 Å². The molecule has 100 valence electrons. The number of aromatic amines is 1. The molecule has 1 aromatic heterocycles. The molecule has 0 bridgehead atoms. The maximum Gasteiger partial charge on any atom is 0.153 e. The maximum absolute atomic E-state index is 13.9. The topological polar surface area (TPSA) is 54.7 Å². The summed E-state index contributed by atoms with van der Waals surface area (Å²) in [5.74, 6) is 0.812. The van der Waals surface area contributed by atoms with Crippen molar-refractivity contribution in [1.29, 1.82) is 0 Å². The Bertz CT molecular complexity index is 571. The molecule has 19 heavy (non-hydrogen) atoms. The van der Waals surface area contributed by atoms with Crippen molar-refractivity contribution in [2.24, 2.45) is 5.92 Å². The highest BCUT2D eigenvalue weighted by atomic mass is 19.1. The average Bonchev–Trinajstić information content (AvgIpc) is 3.02. The van der Waals surface area contributed by atoms with Gasteiger partial charge in [0, 0.05) is 16.8 Å². The van der Waals surface area contributed by atoms with E-state index in [-0.39, 0.29) is 5.82 Å². The molecule has 1 heterocycles. The average molecular weight is 259 g/mol. The number of nitrogens with one attached hydrogen (secondary N) is 1. The van der Waals surface area contributed by atoms with Crippen LogP contribution in [0.5, 0.6) is 0 Å². The SMILES string of the molecule is Nc1n[nH]c(CC2CCCC2)c1-c1ccccc1F. The minimum atomic E-state index is -0.247. The van der Waals surface area contributed by atoms with Crippen LogP contribution in [0.25, 0.3) is 11.1 Å². The minimum absolute atomic E-state index is 0.247. The molecule has 0 unspecified atom stereocenters. The highest BCUT2D eigenvalue weighted by Crippen LogP contribution is 2.34. The zero-order chi connectivity index (χ0) is 13.2. The Hall–Kier alpha value is -1.84. The number of halogens is 1. The van der Waals surface area contributed by atoms with Crippen LogP contribution in [0.2, 0.25) is 0 Å². The van der Waals surface area contributed by atoms with Gasteiger partial charge in [0.15, 0.2) is 5.82 Å². The standard InChI is InChI=1S/C15H18FN3/c16-12-8-4-3-7-11(12)14-13(18-19-15(14)17)9-10-5-1-2-6-10/h3-4,7-8,10H,1-2,5-6,9H2,(H3,17,18,19). The normalized spacial score (nSPS) is 16.1. The van der Waals surface area contributed by atoms with Gasteiger partial charge in [-0.3, -0.25) is 5.10 Å². The first-order valence-corrected chi connectivity index (χ1v) is 6.83. The fraction of sp³-hybridized carbons (Fsp3) is 0.400. The van der Waals surface area contributed by atoms with Crippen LogP contribution >= 0.6 is 0 Å². The van der Waals surface area contributed by atoms with E-state index in [0.717, 1.165) is 17.7 Å². The molecule has 0 amide bonds. The van der Waals surface area contributed by atoms with Gasteiger partial charge in [0.1, 0.15) is 5.82 Å². The number of rotatable bonds is 3. The number of anilines is 1. The summed E-state index contributed by atoms with van der Waals surface area (Å²) in [5.41, 5.74) is 8.16. The molecule has 0 saturated heterocycles. The number of hydrogen-bond acceptors (Lipinski definition) is 2.